The van der Waals surface area contributed by atoms with E-state index in [1.165, 1.54) is 180 Å². The molecule has 64 heavy (non-hydrogen) atoms. The van der Waals surface area contributed by atoms with Crippen LogP contribution in [0.5, 0.6) is 0 Å². The van der Waals surface area contributed by atoms with Gasteiger partial charge in [-0.3, -0.25) is 9.69 Å². The Morgan fingerprint density at radius 1 is 0.609 bits per heavy atom. The minimum absolute atomic E-state index is 0.162. The van der Waals surface area contributed by atoms with E-state index in [1.807, 2.05) is 13.8 Å². The first-order valence-electron chi connectivity index (χ1n) is 27.9. The first-order valence-corrected chi connectivity index (χ1v) is 30.7. The fourth-order valence-corrected chi connectivity index (χ4v) is 10.4. The number of hydrogen-bond acceptors (Lipinski definition) is 7. The van der Waals surface area contributed by atoms with Crippen LogP contribution in [-0.2, 0) is 23.1 Å². The smallest absolute Gasteiger partial charge is 0.333 e. The SMILES string of the molecule is CCCCCCCC/C=C\CCCCCCCCOC(=O)C(C)(C)CC(OCCCCCCCC/C=C\CCCCCCCC)O[Si](C)(C)OCCCCCCN1CCCCC1CO. The van der Waals surface area contributed by atoms with Gasteiger partial charge >= 0.3 is 14.5 Å². The molecule has 1 aliphatic rings. The maximum absolute atomic E-state index is 13.4. The summed E-state index contributed by atoms with van der Waals surface area (Å²) in [4.78, 5) is 15.9. The molecule has 0 spiro atoms. The van der Waals surface area contributed by atoms with Crippen molar-refractivity contribution in [1.29, 1.82) is 0 Å². The number of piperidine rings is 1. The Kier molecular flexibility index (Phi) is 41.2. The molecule has 1 rings (SSSR count). The third kappa shape index (κ3) is 37.0. The number of likely N-dealkylation sites (tertiary alicyclic amines) is 1. The van der Waals surface area contributed by atoms with Gasteiger partial charge in [0.15, 0.2) is 6.29 Å². The number of allylic oxidation sites excluding steroid dienone is 4. The molecule has 378 valence electrons. The molecule has 0 radical (unpaired) electrons. The van der Waals surface area contributed by atoms with E-state index in [9.17, 15) is 9.90 Å². The van der Waals surface area contributed by atoms with Crippen LogP contribution in [0.1, 0.15) is 259 Å². The lowest BCUT2D eigenvalue weighted by molar-refractivity contribution is -0.164. The molecule has 2 unspecified atom stereocenters. The first kappa shape index (κ1) is 61.0. The van der Waals surface area contributed by atoms with Crippen LogP contribution in [0.4, 0.5) is 0 Å². The monoisotopic (exact) mass is 920 g/mol. The average molecular weight is 921 g/mol. The van der Waals surface area contributed by atoms with Gasteiger partial charge in [0.25, 0.3) is 0 Å². The molecular weight excluding hydrogens is 811 g/mol. The van der Waals surface area contributed by atoms with E-state index in [1.54, 1.807) is 0 Å². The average Bonchev–Trinajstić information content (AvgIpc) is 3.27. The molecule has 1 saturated heterocycles. The fourth-order valence-electron chi connectivity index (χ4n) is 8.91. The molecule has 0 aromatic rings. The summed E-state index contributed by atoms with van der Waals surface area (Å²) in [6.45, 7) is 17.0. The first-order chi connectivity index (χ1) is 31.1. The van der Waals surface area contributed by atoms with E-state index in [4.69, 9.17) is 18.3 Å². The van der Waals surface area contributed by atoms with Gasteiger partial charge in [-0.1, -0.05) is 173 Å². The molecule has 1 aliphatic heterocycles. The summed E-state index contributed by atoms with van der Waals surface area (Å²) in [6, 6.07) is 0.354. The topological polar surface area (TPSA) is 77.5 Å². The molecule has 1 heterocycles. The van der Waals surface area contributed by atoms with Crippen molar-refractivity contribution in [3.8, 4) is 0 Å². The van der Waals surface area contributed by atoms with Crippen molar-refractivity contribution in [2.75, 3.05) is 39.5 Å². The van der Waals surface area contributed by atoms with Gasteiger partial charge in [-0.15, -0.1) is 0 Å². The Labute approximate surface area is 399 Å². The van der Waals surface area contributed by atoms with Crippen molar-refractivity contribution < 1.29 is 28.2 Å². The third-order valence-corrected chi connectivity index (χ3v) is 15.0. The van der Waals surface area contributed by atoms with Crippen LogP contribution in [0, 0.1) is 5.41 Å². The maximum atomic E-state index is 13.4. The predicted molar refractivity (Wildman–Crippen MR) is 277 cm³/mol. The van der Waals surface area contributed by atoms with Crippen LogP contribution in [0.2, 0.25) is 13.1 Å². The summed E-state index contributed by atoms with van der Waals surface area (Å²) in [5.41, 5.74) is -0.718. The number of aliphatic hydroxyl groups excluding tert-OH is 1. The molecule has 7 nitrogen and oxygen atoms in total. The highest BCUT2D eigenvalue weighted by atomic mass is 28.4. The van der Waals surface area contributed by atoms with Gasteiger partial charge in [-0.05, 0) is 130 Å². The van der Waals surface area contributed by atoms with E-state index < -0.39 is 20.3 Å². The number of unbranched alkanes of at least 4 members (excludes halogenated alkanes) is 27. The van der Waals surface area contributed by atoms with Crippen LogP contribution in [-0.4, -0.2) is 76.4 Å². The summed E-state index contributed by atoms with van der Waals surface area (Å²) in [6.07, 6.45) is 53.2. The lowest BCUT2D eigenvalue weighted by Gasteiger charge is -2.34. The molecule has 0 saturated carbocycles. The number of carbonyl (C=O) groups is 1. The Balaban J connectivity index is 2.41. The quantitative estimate of drug-likeness (QED) is 0.0214. The highest BCUT2D eigenvalue weighted by molar-refractivity contribution is 6.64. The van der Waals surface area contributed by atoms with E-state index in [0.717, 1.165) is 58.0 Å². The Morgan fingerprint density at radius 3 is 1.55 bits per heavy atom. The van der Waals surface area contributed by atoms with E-state index >= 15 is 0 Å². The Morgan fingerprint density at radius 2 is 1.05 bits per heavy atom. The largest absolute Gasteiger partial charge is 0.465 e. The number of ether oxygens (including phenoxy) is 2. The molecule has 0 aliphatic carbocycles. The van der Waals surface area contributed by atoms with Crippen LogP contribution in [0.15, 0.2) is 24.3 Å². The molecule has 0 bridgehead atoms. The number of nitrogens with zero attached hydrogens (tertiary/aromatic N) is 1. The second-order valence-electron chi connectivity index (χ2n) is 20.5. The molecule has 8 heteroatoms. The van der Waals surface area contributed by atoms with E-state index in [-0.39, 0.29) is 12.6 Å². The second-order valence-corrected chi connectivity index (χ2v) is 23.9. The summed E-state index contributed by atoms with van der Waals surface area (Å²) in [5.74, 6) is -0.162. The van der Waals surface area contributed by atoms with Crippen molar-refractivity contribution in [1.82, 2.24) is 4.90 Å². The minimum Gasteiger partial charge on any atom is -0.465 e. The van der Waals surface area contributed by atoms with Crippen LogP contribution < -0.4 is 0 Å². The van der Waals surface area contributed by atoms with Crippen LogP contribution >= 0.6 is 0 Å². The molecule has 0 aromatic heterocycles. The van der Waals surface area contributed by atoms with E-state index in [0.29, 0.717) is 32.3 Å². The standard InChI is InChI=1S/C56H109NO6Si/c1-7-9-11-13-15-17-19-21-23-25-27-29-31-33-36-42-48-60-54(63-64(5,6)62-50-44-38-35-40-46-57-47-41-39-45-53(57)52-58)51-56(3,4)55(59)61-49-43-37-34-32-30-28-26-24-22-20-18-16-14-12-10-8-2/h21-24,53-54,58H,7-20,25-52H2,1-6H3/b23-21-,24-22-. The van der Waals surface area contributed by atoms with Crippen molar-refractivity contribution in [2.45, 2.75) is 284 Å². The van der Waals surface area contributed by atoms with Crippen LogP contribution in [0.25, 0.3) is 0 Å². The number of hydrogen-bond donors (Lipinski definition) is 1. The van der Waals surface area contributed by atoms with E-state index in [2.05, 4.69) is 56.1 Å². The van der Waals surface area contributed by atoms with Crippen LogP contribution in [0.3, 0.4) is 0 Å². The summed E-state index contributed by atoms with van der Waals surface area (Å²) < 4.78 is 25.4. The van der Waals surface area contributed by atoms with Crippen molar-refractivity contribution in [3.63, 3.8) is 0 Å². The molecular formula is C56H109NO6Si. The summed E-state index contributed by atoms with van der Waals surface area (Å²) >= 11 is 0. The van der Waals surface area contributed by atoms with Gasteiger partial charge in [-0.25, -0.2) is 0 Å². The number of rotatable bonds is 47. The fraction of sp³-hybridized carbons (Fsp3) is 0.911. The Bertz CT molecular complexity index is 1080. The Hall–Kier alpha value is -1.03. The zero-order valence-electron chi connectivity index (χ0n) is 43.6. The van der Waals surface area contributed by atoms with Gasteiger partial charge in [0.2, 0.25) is 0 Å². The van der Waals surface area contributed by atoms with Crippen molar-refractivity contribution in [3.05, 3.63) is 24.3 Å². The molecule has 0 amide bonds. The molecule has 1 N–H and O–H groups in total. The lowest BCUT2D eigenvalue weighted by atomic mass is 9.89. The highest BCUT2D eigenvalue weighted by Gasteiger charge is 2.37. The van der Waals surface area contributed by atoms with Gasteiger partial charge in [0, 0.05) is 25.7 Å². The predicted octanol–water partition coefficient (Wildman–Crippen LogP) is 16.5. The van der Waals surface area contributed by atoms with Gasteiger partial charge in [0.1, 0.15) is 0 Å². The molecule has 2 atom stereocenters. The van der Waals surface area contributed by atoms with Gasteiger partial charge < -0.3 is 23.4 Å². The minimum atomic E-state index is -2.51. The third-order valence-electron chi connectivity index (χ3n) is 13.2. The molecule has 1 fully saturated rings. The maximum Gasteiger partial charge on any atom is 0.333 e. The van der Waals surface area contributed by atoms with Gasteiger partial charge in [0.05, 0.1) is 18.6 Å². The van der Waals surface area contributed by atoms with Crippen molar-refractivity contribution in [2.24, 2.45) is 5.41 Å². The number of esters is 1. The molecule has 0 aromatic carbocycles. The number of aliphatic hydroxyl groups is 1. The number of carbonyl (C=O) groups excluding carboxylic acids is 1. The zero-order valence-corrected chi connectivity index (χ0v) is 44.6. The van der Waals surface area contributed by atoms with Crippen molar-refractivity contribution >= 4 is 14.5 Å². The normalized spacial score (nSPS) is 15.8. The summed E-state index contributed by atoms with van der Waals surface area (Å²) in [5, 5.41) is 9.74. The van der Waals surface area contributed by atoms with Gasteiger partial charge in [-0.2, -0.15) is 0 Å². The highest BCUT2D eigenvalue weighted by Crippen LogP contribution is 2.29. The zero-order chi connectivity index (χ0) is 46.7. The lowest BCUT2D eigenvalue weighted by Crippen LogP contribution is -2.43. The second kappa shape index (κ2) is 43.3. The summed E-state index contributed by atoms with van der Waals surface area (Å²) in [7, 11) is -2.51.